The molecule has 0 fully saturated rings. The summed E-state index contributed by atoms with van der Waals surface area (Å²) >= 11 is 0. The molecular formula is C12H17ClF2N2O. The van der Waals surface area contributed by atoms with Crippen molar-refractivity contribution in [3.05, 3.63) is 35.4 Å². The quantitative estimate of drug-likeness (QED) is 0.918. The molecule has 0 aromatic heterocycles. The molecule has 2 N–H and O–H groups in total. The predicted molar refractivity (Wildman–Crippen MR) is 68.5 cm³/mol. The first-order valence-electron chi connectivity index (χ1n) is 5.38. The van der Waals surface area contributed by atoms with E-state index in [1.54, 1.807) is 14.0 Å². The van der Waals surface area contributed by atoms with Crippen molar-refractivity contribution in [1.82, 2.24) is 4.90 Å². The van der Waals surface area contributed by atoms with Gasteiger partial charge < -0.3 is 10.6 Å². The topological polar surface area (TPSA) is 46.3 Å². The summed E-state index contributed by atoms with van der Waals surface area (Å²) in [6.07, 6.45) is 0.241. The van der Waals surface area contributed by atoms with E-state index in [-0.39, 0.29) is 37.3 Å². The fourth-order valence-electron chi connectivity index (χ4n) is 1.51. The van der Waals surface area contributed by atoms with Crippen LogP contribution < -0.4 is 5.73 Å². The molecule has 0 radical (unpaired) electrons. The second-order valence-electron chi connectivity index (χ2n) is 3.89. The fourth-order valence-corrected chi connectivity index (χ4v) is 1.51. The minimum absolute atomic E-state index is 0. The van der Waals surface area contributed by atoms with Gasteiger partial charge in [0.05, 0.1) is 6.04 Å². The van der Waals surface area contributed by atoms with Crippen molar-refractivity contribution in [3.8, 4) is 0 Å². The Morgan fingerprint density at radius 1 is 1.39 bits per heavy atom. The first kappa shape index (κ1) is 16.8. The van der Waals surface area contributed by atoms with Crippen molar-refractivity contribution in [2.45, 2.75) is 19.4 Å². The number of halogens is 3. The number of hydrogen-bond acceptors (Lipinski definition) is 2. The Bertz CT molecular complexity index is 415. The summed E-state index contributed by atoms with van der Waals surface area (Å²) in [6.45, 7) is 2.02. The monoisotopic (exact) mass is 278 g/mol. The largest absolute Gasteiger partial charge is 0.339 e. The molecule has 1 aromatic carbocycles. The molecule has 1 aromatic rings. The molecule has 0 aliphatic carbocycles. The van der Waals surface area contributed by atoms with Gasteiger partial charge in [-0.25, -0.2) is 8.78 Å². The first-order valence-corrected chi connectivity index (χ1v) is 5.38. The summed E-state index contributed by atoms with van der Waals surface area (Å²) in [6, 6.07) is 3.31. The summed E-state index contributed by atoms with van der Waals surface area (Å²) in [5, 5.41) is 0. The molecule has 0 aliphatic heterocycles. The SMILES string of the molecule is CC(c1ccc(F)c(F)c1)N(C)C(=O)CCN.Cl. The number of nitrogens with two attached hydrogens (primary N) is 1. The Kier molecular flexibility index (Phi) is 6.80. The van der Waals surface area contributed by atoms with Gasteiger partial charge in [-0.3, -0.25) is 4.79 Å². The standard InChI is InChI=1S/C12H16F2N2O.ClH/c1-8(16(2)12(17)5-6-15)9-3-4-10(13)11(14)7-9;/h3-4,7-8H,5-6,15H2,1-2H3;1H. The minimum atomic E-state index is -0.908. The zero-order valence-corrected chi connectivity index (χ0v) is 11.1. The zero-order chi connectivity index (χ0) is 13.0. The van der Waals surface area contributed by atoms with Gasteiger partial charge >= 0.3 is 0 Å². The Morgan fingerprint density at radius 3 is 2.50 bits per heavy atom. The van der Waals surface area contributed by atoms with E-state index < -0.39 is 11.6 Å². The van der Waals surface area contributed by atoms with E-state index in [0.717, 1.165) is 12.1 Å². The predicted octanol–water partition coefficient (Wildman–Crippen LogP) is 2.25. The van der Waals surface area contributed by atoms with Gasteiger partial charge in [0.15, 0.2) is 11.6 Å². The molecular weight excluding hydrogens is 262 g/mol. The van der Waals surface area contributed by atoms with Gasteiger partial charge in [-0.1, -0.05) is 6.07 Å². The Labute approximate surface area is 111 Å². The molecule has 0 saturated carbocycles. The lowest BCUT2D eigenvalue weighted by molar-refractivity contribution is -0.131. The van der Waals surface area contributed by atoms with Crippen LogP contribution in [-0.4, -0.2) is 24.4 Å². The number of carbonyl (C=O) groups excluding carboxylic acids is 1. The van der Waals surface area contributed by atoms with Crippen molar-refractivity contribution in [3.63, 3.8) is 0 Å². The Balaban J connectivity index is 0.00000289. The van der Waals surface area contributed by atoms with Gasteiger partial charge in [-0.15, -0.1) is 12.4 Å². The van der Waals surface area contributed by atoms with E-state index in [9.17, 15) is 13.6 Å². The van der Waals surface area contributed by atoms with Gasteiger partial charge in [0.25, 0.3) is 0 Å². The van der Waals surface area contributed by atoms with Gasteiger partial charge in [-0.2, -0.15) is 0 Å². The fraction of sp³-hybridized carbons (Fsp3) is 0.417. The molecule has 1 rings (SSSR count). The summed E-state index contributed by atoms with van der Waals surface area (Å²) in [5.74, 6) is -1.92. The summed E-state index contributed by atoms with van der Waals surface area (Å²) in [4.78, 5) is 13.1. The molecule has 102 valence electrons. The second-order valence-corrected chi connectivity index (χ2v) is 3.89. The van der Waals surface area contributed by atoms with Crippen molar-refractivity contribution in [1.29, 1.82) is 0 Å². The normalized spacial score (nSPS) is 11.6. The maximum absolute atomic E-state index is 13.1. The van der Waals surface area contributed by atoms with Crippen LogP contribution in [0, 0.1) is 11.6 Å². The first-order chi connectivity index (χ1) is 7.97. The van der Waals surface area contributed by atoms with Crippen LogP contribution in [0.4, 0.5) is 8.78 Å². The molecule has 0 heterocycles. The van der Waals surface area contributed by atoms with Gasteiger partial charge in [0.1, 0.15) is 0 Å². The number of hydrogen-bond donors (Lipinski definition) is 1. The third-order valence-electron chi connectivity index (χ3n) is 2.76. The van der Waals surface area contributed by atoms with Gasteiger partial charge in [0, 0.05) is 20.0 Å². The summed E-state index contributed by atoms with van der Waals surface area (Å²) in [5.41, 5.74) is 5.85. The van der Waals surface area contributed by atoms with E-state index in [0.29, 0.717) is 5.56 Å². The third kappa shape index (κ3) is 3.92. The second kappa shape index (κ2) is 7.28. The highest BCUT2D eigenvalue weighted by molar-refractivity contribution is 5.85. The van der Waals surface area contributed by atoms with E-state index in [2.05, 4.69) is 0 Å². The van der Waals surface area contributed by atoms with Crippen LogP contribution in [-0.2, 0) is 4.79 Å². The van der Waals surface area contributed by atoms with Crippen LogP contribution in [0.25, 0.3) is 0 Å². The molecule has 1 unspecified atom stereocenters. The Hall–Kier alpha value is -1.20. The van der Waals surface area contributed by atoms with E-state index in [1.165, 1.54) is 11.0 Å². The Morgan fingerprint density at radius 2 is 2.00 bits per heavy atom. The smallest absolute Gasteiger partial charge is 0.224 e. The number of amides is 1. The molecule has 18 heavy (non-hydrogen) atoms. The lowest BCUT2D eigenvalue weighted by Crippen LogP contribution is -2.31. The summed E-state index contributed by atoms with van der Waals surface area (Å²) in [7, 11) is 1.62. The maximum atomic E-state index is 13.1. The molecule has 0 spiro atoms. The van der Waals surface area contributed by atoms with Crippen LogP contribution in [0.5, 0.6) is 0 Å². The number of nitrogens with zero attached hydrogens (tertiary/aromatic N) is 1. The van der Waals surface area contributed by atoms with Crippen molar-refractivity contribution < 1.29 is 13.6 Å². The maximum Gasteiger partial charge on any atom is 0.224 e. The average Bonchev–Trinajstić information content (AvgIpc) is 2.31. The van der Waals surface area contributed by atoms with Crippen LogP contribution in [0.15, 0.2) is 18.2 Å². The molecule has 0 saturated heterocycles. The summed E-state index contributed by atoms with van der Waals surface area (Å²) < 4.78 is 25.8. The third-order valence-corrected chi connectivity index (χ3v) is 2.76. The van der Waals surface area contributed by atoms with Crippen molar-refractivity contribution in [2.75, 3.05) is 13.6 Å². The van der Waals surface area contributed by atoms with E-state index in [4.69, 9.17) is 5.73 Å². The molecule has 1 amide bonds. The molecule has 3 nitrogen and oxygen atoms in total. The van der Waals surface area contributed by atoms with Crippen molar-refractivity contribution >= 4 is 18.3 Å². The lowest BCUT2D eigenvalue weighted by atomic mass is 10.1. The molecule has 0 aliphatic rings. The highest BCUT2D eigenvalue weighted by Crippen LogP contribution is 2.21. The van der Waals surface area contributed by atoms with Gasteiger partial charge in [0.2, 0.25) is 5.91 Å². The molecule has 6 heteroatoms. The van der Waals surface area contributed by atoms with Crippen LogP contribution in [0.3, 0.4) is 0 Å². The molecule has 1 atom stereocenters. The lowest BCUT2D eigenvalue weighted by Gasteiger charge is -2.25. The average molecular weight is 279 g/mol. The van der Waals surface area contributed by atoms with Crippen molar-refractivity contribution in [2.24, 2.45) is 5.73 Å². The number of benzene rings is 1. The highest BCUT2D eigenvalue weighted by Gasteiger charge is 2.17. The van der Waals surface area contributed by atoms with E-state index in [1.807, 2.05) is 0 Å². The van der Waals surface area contributed by atoms with Crippen LogP contribution in [0.1, 0.15) is 24.9 Å². The van der Waals surface area contributed by atoms with Crippen LogP contribution >= 0.6 is 12.4 Å². The molecule has 0 bridgehead atoms. The van der Waals surface area contributed by atoms with E-state index >= 15 is 0 Å². The number of carbonyl (C=O) groups is 1. The zero-order valence-electron chi connectivity index (χ0n) is 10.3. The van der Waals surface area contributed by atoms with Crippen LogP contribution in [0.2, 0.25) is 0 Å². The minimum Gasteiger partial charge on any atom is -0.339 e. The van der Waals surface area contributed by atoms with Gasteiger partial charge in [-0.05, 0) is 24.6 Å². The highest BCUT2D eigenvalue weighted by atomic mass is 35.5. The number of rotatable bonds is 4.